The molecule has 38 heavy (non-hydrogen) atoms. The number of esters is 1. The number of hydrogen-bond acceptors (Lipinski definition) is 5. The zero-order chi connectivity index (χ0) is 26.9. The largest absolute Gasteiger partial charge is 0.464 e. The number of amides is 1. The minimum atomic E-state index is -1.24. The Morgan fingerprint density at radius 1 is 1.05 bits per heavy atom. The van der Waals surface area contributed by atoms with E-state index in [0.29, 0.717) is 31.0 Å². The Kier molecular flexibility index (Phi) is 7.36. The van der Waals surface area contributed by atoms with Crippen molar-refractivity contribution in [1.82, 2.24) is 9.80 Å². The summed E-state index contributed by atoms with van der Waals surface area (Å²) in [5, 5.41) is 0.452. The average molecular weight is 541 g/mol. The number of halogens is 3. The number of carbonyl (C=O) groups is 2. The summed E-state index contributed by atoms with van der Waals surface area (Å²) in [4.78, 5) is 30.7. The Morgan fingerprint density at radius 2 is 1.74 bits per heavy atom. The van der Waals surface area contributed by atoms with E-state index in [0.717, 1.165) is 17.7 Å². The standard InChI is InChI=1S/C29H27ClF2N2O4/c1-2-37-28(36)29-13-12-22(17-33(18-29)16-19-6-4-3-5-7-19)34(29)27(35)20-14-24(31)26(25(32)15-20)38-23-10-8-21(30)9-11-23/h3-11,14-15,22H,2,12-13,16-18H2,1H3. The first-order valence-corrected chi connectivity index (χ1v) is 12.9. The minimum absolute atomic E-state index is 0.159. The third kappa shape index (κ3) is 4.98. The molecule has 198 valence electrons. The van der Waals surface area contributed by atoms with Crippen LogP contribution in [0.4, 0.5) is 8.78 Å². The second-order valence-electron chi connectivity index (χ2n) is 9.60. The summed E-state index contributed by atoms with van der Waals surface area (Å²) in [5.74, 6) is -3.60. The fraction of sp³-hybridized carbons (Fsp3) is 0.310. The monoisotopic (exact) mass is 540 g/mol. The van der Waals surface area contributed by atoms with Crippen molar-refractivity contribution in [2.75, 3.05) is 19.7 Å². The van der Waals surface area contributed by atoms with E-state index in [4.69, 9.17) is 21.1 Å². The fourth-order valence-corrected chi connectivity index (χ4v) is 5.58. The molecule has 0 spiro atoms. The van der Waals surface area contributed by atoms with E-state index in [-0.39, 0.29) is 30.5 Å². The van der Waals surface area contributed by atoms with Gasteiger partial charge in [-0.05, 0) is 61.7 Å². The van der Waals surface area contributed by atoms with E-state index in [1.807, 2.05) is 30.3 Å². The van der Waals surface area contributed by atoms with Gasteiger partial charge in [0.15, 0.2) is 22.9 Å². The van der Waals surface area contributed by atoms with E-state index in [2.05, 4.69) is 4.90 Å². The number of benzene rings is 3. The number of fused-ring (bicyclic) bond motifs is 2. The molecule has 0 aliphatic carbocycles. The first-order valence-electron chi connectivity index (χ1n) is 12.5. The van der Waals surface area contributed by atoms with Gasteiger partial charge in [0.2, 0.25) is 0 Å². The lowest BCUT2D eigenvalue weighted by Gasteiger charge is -2.47. The Hall–Kier alpha value is -3.49. The van der Waals surface area contributed by atoms with E-state index in [1.165, 1.54) is 29.2 Å². The molecule has 2 fully saturated rings. The number of ether oxygens (including phenoxy) is 2. The fourth-order valence-electron chi connectivity index (χ4n) is 5.46. The Labute approximate surface area is 224 Å². The second-order valence-corrected chi connectivity index (χ2v) is 10.0. The molecule has 3 aromatic carbocycles. The molecule has 2 unspecified atom stereocenters. The summed E-state index contributed by atoms with van der Waals surface area (Å²) in [6, 6.07) is 17.5. The van der Waals surface area contributed by atoms with E-state index >= 15 is 8.78 Å². The molecule has 0 aromatic heterocycles. The van der Waals surface area contributed by atoms with Gasteiger partial charge in [-0.15, -0.1) is 0 Å². The van der Waals surface area contributed by atoms with Crippen molar-refractivity contribution in [3.63, 3.8) is 0 Å². The molecule has 9 heteroatoms. The number of carbonyl (C=O) groups excluding carboxylic acids is 2. The van der Waals surface area contributed by atoms with Crippen LogP contribution in [0, 0.1) is 11.6 Å². The highest BCUT2D eigenvalue weighted by molar-refractivity contribution is 6.30. The highest BCUT2D eigenvalue weighted by atomic mass is 35.5. The van der Waals surface area contributed by atoms with Gasteiger partial charge in [-0.2, -0.15) is 0 Å². The molecule has 6 nitrogen and oxygen atoms in total. The maximum atomic E-state index is 15.0. The van der Waals surface area contributed by atoms with Gasteiger partial charge in [-0.1, -0.05) is 41.9 Å². The molecule has 2 saturated heterocycles. The third-order valence-electron chi connectivity index (χ3n) is 7.07. The van der Waals surface area contributed by atoms with E-state index < -0.39 is 34.8 Å². The predicted molar refractivity (Wildman–Crippen MR) is 138 cm³/mol. The van der Waals surface area contributed by atoms with Gasteiger partial charge in [0.1, 0.15) is 5.75 Å². The zero-order valence-electron chi connectivity index (χ0n) is 20.8. The van der Waals surface area contributed by atoms with Crippen molar-refractivity contribution < 1.29 is 27.8 Å². The minimum Gasteiger partial charge on any atom is -0.464 e. The maximum Gasteiger partial charge on any atom is 0.333 e. The summed E-state index contributed by atoms with van der Waals surface area (Å²) >= 11 is 5.86. The number of hydrogen-bond donors (Lipinski definition) is 0. The predicted octanol–water partition coefficient (Wildman–Crippen LogP) is 5.83. The molecule has 5 rings (SSSR count). The number of nitrogens with zero attached hydrogens (tertiary/aromatic N) is 2. The maximum absolute atomic E-state index is 15.0. The smallest absolute Gasteiger partial charge is 0.333 e. The molecule has 0 N–H and O–H groups in total. The molecule has 2 bridgehead atoms. The number of piperazine rings is 1. The molecule has 3 aromatic rings. The van der Waals surface area contributed by atoms with Crippen molar-refractivity contribution >= 4 is 23.5 Å². The van der Waals surface area contributed by atoms with Crippen LogP contribution in [0.1, 0.15) is 35.7 Å². The van der Waals surface area contributed by atoms with Crippen molar-refractivity contribution in [2.24, 2.45) is 0 Å². The van der Waals surface area contributed by atoms with Crippen LogP contribution in [0.5, 0.6) is 11.5 Å². The lowest BCUT2D eigenvalue weighted by Crippen LogP contribution is -2.66. The lowest BCUT2D eigenvalue weighted by atomic mass is 9.93. The third-order valence-corrected chi connectivity index (χ3v) is 7.33. The first kappa shape index (κ1) is 26.1. The lowest BCUT2D eigenvalue weighted by molar-refractivity contribution is -0.159. The summed E-state index contributed by atoms with van der Waals surface area (Å²) in [7, 11) is 0. The second kappa shape index (κ2) is 10.7. The highest BCUT2D eigenvalue weighted by Crippen LogP contribution is 2.42. The molecule has 2 aliphatic rings. The molecule has 0 radical (unpaired) electrons. The molecular weight excluding hydrogens is 514 g/mol. The summed E-state index contributed by atoms with van der Waals surface area (Å²) in [5.41, 5.74) is -0.345. The normalized spacial score (nSPS) is 20.8. The van der Waals surface area contributed by atoms with Crippen LogP contribution in [0.25, 0.3) is 0 Å². The van der Waals surface area contributed by atoms with Crippen LogP contribution in [0.2, 0.25) is 5.02 Å². The average Bonchev–Trinajstić information content (AvgIpc) is 3.15. The van der Waals surface area contributed by atoms with Gasteiger partial charge in [-0.25, -0.2) is 13.6 Å². The van der Waals surface area contributed by atoms with Crippen LogP contribution in [0.15, 0.2) is 66.7 Å². The Balaban J connectivity index is 1.43. The van der Waals surface area contributed by atoms with E-state index in [9.17, 15) is 9.59 Å². The van der Waals surface area contributed by atoms with Crippen LogP contribution < -0.4 is 4.74 Å². The summed E-state index contributed by atoms with van der Waals surface area (Å²) < 4.78 is 40.9. The number of likely N-dealkylation sites (tertiary alicyclic amines) is 1. The topological polar surface area (TPSA) is 59.1 Å². The van der Waals surface area contributed by atoms with Gasteiger partial charge in [-0.3, -0.25) is 9.69 Å². The van der Waals surface area contributed by atoms with Gasteiger partial charge in [0.05, 0.1) is 6.61 Å². The molecule has 0 saturated carbocycles. The van der Waals surface area contributed by atoms with Crippen LogP contribution in [-0.2, 0) is 16.1 Å². The Morgan fingerprint density at radius 3 is 2.39 bits per heavy atom. The van der Waals surface area contributed by atoms with Gasteiger partial charge in [0.25, 0.3) is 5.91 Å². The van der Waals surface area contributed by atoms with Crippen molar-refractivity contribution in [3.05, 3.63) is 94.5 Å². The molecular formula is C29H27ClF2N2O4. The van der Waals surface area contributed by atoms with Gasteiger partial charge in [0, 0.05) is 36.3 Å². The van der Waals surface area contributed by atoms with Crippen molar-refractivity contribution in [2.45, 2.75) is 37.9 Å². The first-order chi connectivity index (χ1) is 18.3. The SMILES string of the molecule is CCOC(=O)C12CCC(CN(Cc3ccccc3)C1)N2C(=O)c1cc(F)c(Oc2ccc(Cl)cc2)c(F)c1. The van der Waals surface area contributed by atoms with Crippen molar-refractivity contribution in [3.8, 4) is 11.5 Å². The molecule has 2 atom stereocenters. The quantitative estimate of drug-likeness (QED) is 0.353. The van der Waals surface area contributed by atoms with Crippen LogP contribution >= 0.6 is 11.6 Å². The molecule has 2 heterocycles. The van der Waals surface area contributed by atoms with Crippen LogP contribution in [-0.4, -0.2) is 53.0 Å². The summed E-state index contributed by atoms with van der Waals surface area (Å²) in [6.07, 6.45) is 0.995. The van der Waals surface area contributed by atoms with Gasteiger partial charge >= 0.3 is 5.97 Å². The zero-order valence-corrected chi connectivity index (χ0v) is 21.6. The number of rotatable bonds is 7. The Bertz CT molecular complexity index is 1320. The molecule has 1 amide bonds. The van der Waals surface area contributed by atoms with Crippen LogP contribution in [0.3, 0.4) is 0 Å². The van der Waals surface area contributed by atoms with Crippen molar-refractivity contribution in [1.29, 1.82) is 0 Å². The molecule has 2 aliphatic heterocycles. The van der Waals surface area contributed by atoms with Gasteiger partial charge < -0.3 is 14.4 Å². The van der Waals surface area contributed by atoms with E-state index in [1.54, 1.807) is 6.92 Å². The summed E-state index contributed by atoms with van der Waals surface area (Å²) in [6.45, 7) is 3.28. The highest BCUT2D eigenvalue weighted by Gasteiger charge is 2.59.